The van der Waals surface area contributed by atoms with Crippen LogP contribution in [0.3, 0.4) is 0 Å². The number of aliphatic hydroxyl groups is 1. The highest BCUT2D eigenvalue weighted by atomic mass is 79.9. The molecule has 0 spiro atoms. The van der Waals surface area contributed by atoms with Gasteiger partial charge in [0.1, 0.15) is 6.10 Å². The zero-order valence-corrected chi connectivity index (χ0v) is 12.5. The van der Waals surface area contributed by atoms with Gasteiger partial charge in [-0.25, -0.2) is 0 Å². The topological polar surface area (TPSA) is 33.1 Å². The highest BCUT2D eigenvalue weighted by Gasteiger charge is 2.12. The van der Waals surface area contributed by atoms with E-state index in [9.17, 15) is 5.11 Å². The first kappa shape index (κ1) is 13.9. The minimum Gasteiger partial charge on any atom is -0.386 e. The molecular weight excluding hydrogens is 334 g/mol. The minimum atomic E-state index is -0.607. The van der Waals surface area contributed by atoms with Crippen LogP contribution in [0.1, 0.15) is 11.8 Å². The van der Waals surface area contributed by atoms with Crippen LogP contribution in [0.2, 0.25) is 5.02 Å². The largest absolute Gasteiger partial charge is 0.386 e. The van der Waals surface area contributed by atoms with Gasteiger partial charge in [0, 0.05) is 26.3 Å². The molecule has 0 saturated carbocycles. The van der Waals surface area contributed by atoms with Crippen molar-refractivity contribution >= 4 is 39.3 Å². The summed E-state index contributed by atoms with van der Waals surface area (Å²) in [7, 11) is 0. The third-order valence-electron chi connectivity index (χ3n) is 2.31. The van der Waals surface area contributed by atoms with Gasteiger partial charge in [-0.2, -0.15) is 0 Å². The third kappa shape index (κ3) is 3.72. The van der Waals surface area contributed by atoms with Crippen LogP contribution < -0.4 is 0 Å². The number of rotatable bonds is 4. The summed E-state index contributed by atoms with van der Waals surface area (Å²) in [5.74, 6) is 0.538. The minimum absolute atomic E-state index is 0.538. The lowest BCUT2D eigenvalue weighted by Crippen LogP contribution is -2.03. The van der Waals surface area contributed by atoms with E-state index in [-0.39, 0.29) is 0 Å². The van der Waals surface area contributed by atoms with E-state index >= 15 is 0 Å². The molecule has 0 bridgehead atoms. The van der Waals surface area contributed by atoms with Gasteiger partial charge in [-0.15, -0.1) is 11.8 Å². The molecule has 1 aromatic heterocycles. The Morgan fingerprint density at radius 2 is 2.17 bits per heavy atom. The van der Waals surface area contributed by atoms with Crippen LogP contribution in [0, 0.1) is 0 Å². The lowest BCUT2D eigenvalue weighted by atomic mass is 10.2. The molecule has 1 aromatic carbocycles. The molecule has 5 heteroatoms. The van der Waals surface area contributed by atoms with Gasteiger partial charge >= 0.3 is 0 Å². The van der Waals surface area contributed by atoms with Crippen LogP contribution >= 0.6 is 39.3 Å². The maximum absolute atomic E-state index is 10.1. The van der Waals surface area contributed by atoms with E-state index in [1.165, 1.54) is 0 Å². The number of pyridine rings is 1. The number of benzene rings is 1. The van der Waals surface area contributed by atoms with Crippen LogP contribution in [0.15, 0.2) is 52.0 Å². The number of aromatic nitrogens is 1. The van der Waals surface area contributed by atoms with Crippen LogP contribution in [0.25, 0.3) is 0 Å². The lowest BCUT2D eigenvalue weighted by molar-refractivity contribution is 0.198. The molecule has 0 aliphatic heterocycles. The lowest BCUT2D eigenvalue weighted by Gasteiger charge is -2.11. The Hall–Kier alpha value is -0.550. The van der Waals surface area contributed by atoms with Crippen LogP contribution in [-0.2, 0) is 0 Å². The smallest absolute Gasteiger partial charge is 0.106 e. The zero-order valence-electron chi connectivity index (χ0n) is 9.38. The fourth-order valence-electron chi connectivity index (χ4n) is 1.45. The number of halogens is 2. The van der Waals surface area contributed by atoms with Crippen molar-refractivity contribution in [1.82, 2.24) is 4.98 Å². The van der Waals surface area contributed by atoms with E-state index in [1.807, 2.05) is 36.4 Å². The van der Waals surface area contributed by atoms with Gasteiger partial charge in [-0.1, -0.05) is 17.7 Å². The summed E-state index contributed by atoms with van der Waals surface area (Å²) in [6.45, 7) is 0. The molecule has 0 radical (unpaired) electrons. The summed E-state index contributed by atoms with van der Waals surface area (Å²) in [6.07, 6.45) is 1.07. The molecule has 1 heterocycles. The van der Waals surface area contributed by atoms with Crippen molar-refractivity contribution in [2.75, 3.05) is 5.75 Å². The van der Waals surface area contributed by atoms with E-state index in [2.05, 4.69) is 20.9 Å². The van der Waals surface area contributed by atoms with E-state index in [0.29, 0.717) is 16.5 Å². The average Bonchev–Trinajstić information content (AvgIpc) is 2.37. The second kappa shape index (κ2) is 6.57. The molecule has 0 amide bonds. The van der Waals surface area contributed by atoms with Gasteiger partial charge in [-0.3, -0.25) is 4.98 Å². The maximum atomic E-state index is 10.1. The molecule has 0 aliphatic rings. The molecule has 0 aliphatic carbocycles. The fourth-order valence-corrected chi connectivity index (χ4v) is 3.12. The predicted molar refractivity (Wildman–Crippen MR) is 79.1 cm³/mol. The molecule has 0 fully saturated rings. The van der Waals surface area contributed by atoms with Crippen LogP contribution in [0.5, 0.6) is 0 Å². The molecule has 1 unspecified atom stereocenters. The second-order valence-electron chi connectivity index (χ2n) is 3.65. The number of hydrogen-bond donors (Lipinski definition) is 1. The van der Waals surface area contributed by atoms with Gasteiger partial charge in [0.15, 0.2) is 0 Å². The first-order chi connectivity index (χ1) is 8.66. The molecule has 2 nitrogen and oxygen atoms in total. The standard InChI is InChI=1S/C13H11BrClNOS/c14-11-5-2-6-16-13(11)12(17)8-18-10-4-1-3-9(15)7-10/h1-7,12,17H,8H2. The summed E-state index contributed by atoms with van der Waals surface area (Å²) in [6, 6.07) is 11.3. The number of thioether (sulfide) groups is 1. The van der Waals surface area contributed by atoms with E-state index in [1.54, 1.807) is 18.0 Å². The summed E-state index contributed by atoms with van der Waals surface area (Å²) in [4.78, 5) is 5.21. The summed E-state index contributed by atoms with van der Waals surface area (Å²) < 4.78 is 0.823. The van der Waals surface area contributed by atoms with Crippen molar-refractivity contribution in [3.8, 4) is 0 Å². The highest BCUT2D eigenvalue weighted by Crippen LogP contribution is 2.28. The SMILES string of the molecule is OC(CSc1cccc(Cl)c1)c1ncccc1Br. The Labute approximate surface area is 124 Å². The number of hydrogen-bond acceptors (Lipinski definition) is 3. The normalized spacial score (nSPS) is 12.4. The molecule has 1 atom stereocenters. The van der Waals surface area contributed by atoms with Gasteiger partial charge in [0.2, 0.25) is 0 Å². The third-order valence-corrected chi connectivity index (χ3v) is 4.28. The van der Waals surface area contributed by atoms with Crippen LogP contribution in [0.4, 0.5) is 0 Å². The summed E-state index contributed by atoms with van der Waals surface area (Å²) >= 11 is 10.8. The molecule has 94 valence electrons. The predicted octanol–water partition coefficient (Wildman–Crippen LogP) is 4.32. The number of nitrogens with zero attached hydrogens (tertiary/aromatic N) is 1. The molecule has 2 rings (SSSR count). The van der Waals surface area contributed by atoms with E-state index in [4.69, 9.17) is 11.6 Å². The molecule has 0 saturated heterocycles. The Morgan fingerprint density at radius 1 is 1.33 bits per heavy atom. The monoisotopic (exact) mass is 343 g/mol. The zero-order chi connectivity index (χ0) is 13.0. The Balaban J connectivity index is 2.00. The first-order valence-electron chi connectivity index (χ1n) is 5.33. The average molecular weight is 345 g/mol. The first-order valence-corrected chi connectivity index (χ1v) is 7.49. The highest BCUT2D eigenvalue weighted by molar-refractivity contribution is 9.10. The molecular formula is C13H11BrClNOS. The summed E-state index contributed by atoms with van der Waals surface area (Å²) in [5, 5.41) is 10.8. The summed E-state index contributed by atoms with van der Waals surface area (Å²) in [5.41, 5.74) is 0.659. The van der Waals surface area contributed by atoms with Gasteiger partial charge in [-0.05, 0) is 46.3 Å². The molecule has 2 aromatic rings. The van der Waals surface area contributed by atoms with Crippen LogP contribution in [-0.4, -0.2) is 15.8 Å². The Morgan fingerprint density at radius 3 is 2.89 bits per heavy atom. The second-order valence-corrected chi connectivity index (χ2v) is 6.04. The van der Waals surface area contributed by atoms with Gasteiger partial charge < -0.3 is 5.11 Å². The van der Waals surface area contributed by atoms with E-state index < -0.39 is 6.10 Å². The van der Waals surface area contributed by atoms with Gasteiger partial charge in [0.25, 0.3) is 0 Å². The van der Waals surface area contributed by atoms with Crippen molar-refractivity contribution in [3.63, 3.8) is 0 Å². The van der Waals surface area contributed by atoms with Crippen molar-refractivity contribution in [3.05, 3.63) is 57.8 Å². The quantitative estimate of drug-likeness (QED) is 0.838. The number of aliphatic hydroxyl groups excluding tert-OH is 1. The van der Waals surface area contributed by atoms with Gasteiger partial charge in [0.05, 0.1) is 5.69 Å². The van der Waals surface area contributed by atoms with Crippen molar-refractivity contribution in [2.45, 2.75) is 11.0 Å². The Bertz CT molecular complexity index is 538. The maximum Gasteiger partial charge on any atom is 0.106 e. The van der Waals surface area contributed by atoms with Crippen molar-refractivity contribution < 1.29 is 5.11 Å². The van der Waals surface area contributed by atoms with Crippen molar-refractivity contribution in [1.29, 1.82) is 0 Å². The fraction of sp³-hybridized carbons (Fsp3) is 0.154. The molecule has 1 N–H and O–H groups in total. The van der Waals surface area contributed by atoms with Crippen molar-refractivity contribution in [2.24, 2.45) is 0 Å². The molecule has 18 heavy (non-hydrogen) atoms. The Kier molecular flexibility index (Phi) is 5.06. The van der Waals surface area contributed by atoms with E-state index in [0.717, 1.165) is 9.37 Å².